The van der Waals surface area contributed by atoms with Gasteiger partial charge >= 0.3 is 11.9 Å². The fraction of sp³-hybridized carbons (Fsp3) is 0.863. The summed E-state index contributed by atoms with van der Waals surface area (Å²) in [5.74, 6) is -2.80. The van der Waals surface area contributed by atoms with Crippen LogP contribution in [0.4, 0.5) is 0 Å². The van der Waals surface area contributed by atoms with Crippen LogP contribution in [0.15, 0.2) is 0 Å². The summed E-state index contributed by atoms with van der Waals surface area (Å²) in [6.07, 6.45) is 22.2. The van der Waals surface area contributed by atoms with Crippen LogP contribution in [-0.2, 0) is 52.5 Å². The van der Waals surface area contributed by atoms with Crippen molar-refractivity contribution in [2.75, 3.05) is 79.0 Å². The van der Waals surface area contributed by atoms with Crippen molar-refractivity contribution in [3.8, 4) is 0 Å². The van der Waals surface area contributed by atoms with Gasteiger partial charge in [-0.1, -0.05) is 103 Å². The number of unbranched alkanes of at least 4 members (excludes halogenated alkanes) is 16. The third-order valence-electron chi connectivity index (χ3n) is 12.8. The number of carboxylic acid groups (broad SMARTS) is 2. The van der Waals surface area contributed by atoms with Gasteiger partial charge in [0.25, 0.3) is 0 Å². The molecule has 10 N–H and O–H groups in total. The predicted octanol–water partition coefficient (Wildman–Crippen LogP) is 4.06. The Hall–Kier alpha value is -3.64. The molecule has 0 bridgehead atoms. The topological polar surface area (TPSA) is 310 Å². The van der Waals surface area contributed by atoms with Gasteiger partial charge < -0.3 is 66.0 Å². The number of ether oxygens (including phenoxy) is 4. The highest BCUT2D eigenvalue weighted by Crippen LogP contribution is 2.29. The van der Waals surface area contributed by atoms with E-state index in [1.54, 1.807) is 0 Å². The molecule has 0 aromatic carbocycles. The summed E-state index contributed by atoms with van der Waals surface area (Å²) >= 11 is 3.79. The van der Waals surface area contributed by atoms with Crippen LogP contribution in [-0.4, -0.2) is 159 Å². The number of hydrogen-bond donors (Lipinski definition) is 11. The summed E-state index contributed by atoms with van der Waals surface area (Å²) in [5.41, 5.74) is 0. The molecule has 2 atom stereocenters. The zero-order chi connectivity index (χ0) is 53.6. The summed E-state index contributed by atoms with van der Waals surface area (Å²) < 4.78 is 23.8. The monoisotopic (exact) mass is 1060 g/mol. The van der Waals surface area contributed by atoms with Crippen molar-refractivity contribution < 1.29 is 72.9 Å². The Morgan fingerprint density at radius 2 is 0.932 bits per heavy atom. The molecule has 1 saturated carbocycles. The molecule has 1 fully saturated rings. The molecule has 424 valence electrons. The molecule has 1 aliphatic carbocycles. The van der Waals surface area contributed by atoms with Crippen LogP contribution in [0.1, 0.15) is 173 Å². The molecular weight excluding hydrogens is 969 g/mol. The van der Waals surface area contributed by atoms with Gasteiger partial charge in [-0.15, -0.1) is 0 Å². The van der Waals surface area contributed by atoms with E-state index in [-0.39, 0.29) is 114 Å². The van der Waals surface area contributed by atoms with Crippen LogP contribution in [0.25, 0.3) is 0 Å². The number of amides is 5. The largest absolute Gasteiger partial charge is 0.481 e. The SMILES string of the molecule is O=C(O)CCCCCCCCCCCCCCCCCCC(=O)NC[C@H]1CC[C@H](C(=O)N[C@@H](CCC(=O)NCCOCCOCC(=O)NCCOCCOCC(=O)NCCCC[C@H](NS)C(=O)O)C(O)O)CC1. The van der Waals surface area contributed by atoms with Crippen molar-refractivity contribution >= 4 is 54.3 Å². The highest BCUT2D eigenvalue weighted by atomic mass is 32.1. The van der Waals surface area contributed by atoms with E-state index >= 15 is 0 Å². The van der Waals surface area contributed by atoms with Gasteiger partial charge in [-0.2, -0.15) is 0 Å². The number of aliphatic hydroxyl groups excluding tert-OH is 1. The number of hydrogen-bond acceptors (Lipinski definition) is 15. The van der Waals surface area contributed by atoms with Crippen molar-refractivity contribution in [1.82, 2.24) is 31.3 Å². The predicted molar refractivity (Wildman–Crippen MR) is 278 cm³/mol. The Kier molecular flexibility index (Phi) is 43.2. The Labute approximate surface area is 439 Å². The van der Waals surface area contributed by atoms with Crippen LogP contribution in [0.3, 0.4) is 0 Å². The van der Waals surface area contributed by atoms with E-state index in [2.05, 4.69) is 44.1 Å². The molecule has 0 heterocycles. The van der Waals surface area contributed by atoms with E-state index in [0.29, 0.717) is 64.0 Å². The van der Waals surface area contributed by atoms with Gasteiger partial charge in [0.1, 0.15) is 19.3 Å². The van der Waals surface area contributed by atoms with Gasteiger partial charge in [-0.3, -0.25) is 38.3 Å². The zero-order valence-electron chi connectivity index (χ0n) is 43.7. The average Bonchev–Trinajstić information content (AvgIpc) is 3.36. The van der Waals surface area contributed by atoms with E-state index in [1.807, 2.05) is 0 Å². The number of aliphatic hydroxyl groups is 2. The first kappa shape index (κ1) is 67.4. The second-order valence-corrected chi connectivity index (χ2v) is 19.3. The molecular formula is C51H94N6O15S. The minimum atomic E-state index is -1.83. The van der Waals surface area contributed by atoms with Crippen molar-refractivity contribution in [1.29, 1.82) is 0 Å². The van der Waals surface area contributed by atoms with E-state index in [1.165, 1.54) is 64.2 Å². The number of aliphatic carboxylic acids is 2. The van der Waals surface area contributed by atoms with Crippen molar-refractivity contribution in [3.63, 3.8) is 0 Å². The van der Waals surface area contributed by atoms with E-state index in [0.717, 1.165) is 51.4 Å². The summed E-state index contributed by atoms with van der Waals surface area (Å²) in [4.78, 5) is 83.1. The second-order valence-electron chi connectivity index (χ2n) is 19.0. The molecule has 21 nitrogen and oxygen atoms in total. The Morgan fingerprint density at radius 1 is 0.479 bits per heavy atom. The quantitative estimate of drug-likeness (QED) is 0.0233. The fourth-order valence-corrected chi connectivity index (χ4v) is 8.56. The van der Waals surface area contributed by atoms with Crippen molar-refractivity contribution in [2.45, 2.75) is 192 Å². The van der Waals surface area contributed by atoms with Crippen LogP contribution < -0.4 is 31.3 Å². The maximum absolute atomic E-state index is 13.0. The van der Waals surface area contributed by atoms with Crippen LogP contribution in [0, 0.1) is 11.8 Å². The van der Waals surface area contributed by atoms with E-state index < -0.39 is 30.3 Å². The minimum absolute atomic E-state index is 0.0354. The molecule has 0 aliphatic heterocycles. The molecule has 73 heavy (non-hydrogen) atoms. The Bertz CT molecular complexity index is 1480. The molecule has 1 rings (SSSR count). The van der Waals surface area contributed by atoms with Crippen LogP contribution in [0.2, 0.25) is 0 Å². The lowest BCUT2D eigenvalue weighted by Crippen LogP contribution is -2.47. The first-order chi connectivity index (χ1) is 35.3. The smallest absolute Gasteiger partial charge is 0.321 e. The number of carbonyl (C=O) groups is 7. The number of carboxylic acids is 2. The molecule has 0 unspecified atom stereocenters. The number of carbonyl (C=O) groups excluding carboxylic acids is 5. The maximum atomic E-state index is 13.0. The first-order valence-electron chi connectivity index (χ1n) is 27.2. The average molecular weight is 1060 g/mol. The highest BCUT2D eigenvalue weighted by molar-refractivity contribution is 7.78. The lowest BCUT2D eigenvalue weighted by Gasteiger charge is -2.29. The standard InChI is InChI=1S/C51H94N6O15S/c58-44(20-15-13-11-9-7-5-3-1-2-4-6-8-10-12-14-16-21-48(62)63)55-37-40-22-24-41(25-23-40)49(64)56-42(50(65)66)26-27-45(59)53-29-31-69-33-36-72-39-47(61)54-30-32-70-34-35-71-38-46(60)52-28-18-17-19-43(57-73)51(67)68/h40-43,50,57,65-66,73H,1-39H2,(H,52,60)(H,53,59)(H,54,61)(H,55,58)(H,56,64)(H,62,63)(H,67,68)/t40-,41-,42-,43-/m0/s1. The lowest BCUT2D eigenvalue weighted by atomic mass is 9.81. The summed E-state index contributed by atoms with van der Waals surface area (Å²) in [6, 6.07) is -1.73. The van der Waals surface area contributed by atoms with Gasteiger partial charge in [0, 0.05) is 51.4 Å². The third-order valence-corrected chi connectivity index (χ3v) is 13.1. The summed E-state index contributed by atoms with van der Waals surface area (Å²) in [7, 11) is 0. The summed E-state index contributed by atoms with van der Waals surface area (Å²) in [6.45, 7) is 2.37. The van der Waals surface area contributed by atoms with Crippen LogP contribution >= 0.6 is 12.8 Å². The Morgan fingerprint density at radius 3 is 1.41 bits per heavy atom. The summed E-state index contributed by atoms with van der Waals surface area (Å²) in [5, 5.41) is 51.3. The molecule has 1 aliphatic rings. The van der Waals surface area contributed by atoms with Gasteiger partial charge in [0.2, 0.25) is 29.5 Å². The molecule has 5 amide bonds. The van der Waals surface area contributed by atoms with Crippen molar-refractivity contribution in [3.05, 3.63) is 0 Å². The molecule has 0 radical (unpaired) electrons. The molecule has 0 aromatic rings. The number of thiol groups is 1. The number of nitrogens with one attached hydrogen (secondary N) is 6. The molecule has 0 aromatic heterocycles. The lowest BCUT2D eigenvalue weighted by molar-refractivity contribution is -0.139. The van der Waals surface area contributed by atoms with Crippen molar-refractivity contribution in [2.24, 2.45) is 11.8 Å². The van der Waals surface area contributed by atoms with E-state index in [4.69, 9.17) is 29.2 Å². The normalized spacial score (nSPS) is 15.3. The van der Waals surface area contributed by atoms with Gasteiger partial charge in [-0.05, 0) is 70.1 Å². The molecule has 22 heteroatoms. The van der Waals surface area contributed by atoms with Crippen LogP contribution in [0.5, 0.6) is 0 Å². The number of rotatable bonds is 50. The van der Waals surface area contributed by atoms with E-state index in [9.17, 15) is 43.8 Å². The molecule has 0 saturated heterocycles. The first-order valence-corrected chi connectivity index (χ1v) is 27.7. The fourth-order valence-electron chi connectivity index (χ4n) is 8.32. The second kappa shape index (κ2) is 46.9. The Balaban J connectivity index is 1.97. The molecule has 0 spiro atoms. The van der Waals surface area contributed by atoms with Gasteiger partial charge in [0.05, 0.1) is 45.7 Å². The zero-order valence-corrected chi connectivity index (χ0v) is 44.6. The third kappa shape index (κ3) is 41.3. The minimum Gasteiger partial charge on any atom is -0.481 e. The maximum Gasteiger partial charge on any atom is 0.321 e. The van der Waals surface area contributed by atoms with Gasteiger partial charge in [0.15, 0.2) is 6.29 Å². The highest BCUT2D eigenvalue weighted by Gasteiger charge is 2.29. The van der Waals surface area contributed by atoms with Gasteiger partial charge in [-0.25, -0.2) is 0 Å².